The lowest BCUT2D eigenvalue weighted by molar-refractivity contribution is 0.456. The molecule has 102 valence electrons. The molecule has 6 heteroatoms. The molecule has 3 rings (SSSR count). The van der Waals surface area contributed by atoms with Crippen LogP contribution in [-0.4, -0.2) is 17.2 Å². The summed E-state index contributed by atoms with van der Waals surface area (Å²) >= 11 is 5.00. The minimum atomic E-state index is -0.0964. The summed E-state index contributed by atoms with van der Waals surface area (Å²) in [7, 11) is 1.88. The molecule has 2 heterocycles. The molecular formula is C14H12BrN3OS. The van der Waals surface area contributed by atoms with Crippen molar-refractivity contribution in [3.05, 3.63) is 57.7 Å². The first-order chi connectivity index (χ1) is 9.78. The maximum Gasteiger partial charge on any atom is 0.257 e. The largest absolute Gasteiger partial charge is 0.418 e. The van der Waals surface area contributed by atoms with E-state index < -0.39 is 0 Å². The molecule has 0 aliphatic rings. The summed E-state index contributed by atoms with van der Waals surface area (Å²) < 4.78 is 6.84. The van der Waals surface area contributed by atoms with E-state index in [-0.39, 0.29) is 6.04 Å². The Labute approximate surface area is 129 Å². The van der Waals surface area contributed by atoms with Crippen LogP contribution in [-0.2, 0) is 0 Å². The molecule has 0 aliphatic heterocycles. The van der Waals surface area contributed by atoms with Crippen LogP contribution in [0.15, 0.2) is 50.7 Å². The van der Waals surface area contributed by atoms with Crippen molar-refractivity contribution in [2.75, 3.05) is 7.05 Å². The molecule has 0 radical (unpaired) electrons. The monoisotopic (exact) mass is 349 g/mol. The second kappa shape index (κ2) is 5.87. The zero-order valence-electron chi connectivity index (χ0n) is 10.7. The number of benzene rings is 1. The molecule has 1 aromatic carbocycles. The smallest absolute Gasteiger partial charge is 0.257 e. The average Bonchev–Trinajstić information content (AvgIpc) is 3.10. The van der Waals surface area contributed by atoms with Crippen molar-refractivity contribution in [2.24, 2.45) is 0 Å². The van der Waals surface area contributed by atoms with Crippen LogP contribution in [0, 0.1) is 0 Å². The van der Waals surface area contributed by atoms with Gasteiger partial charge in [-0.25, -0.2) is 0 Å². The van der Waals surface area contributed by atoms with Gasteiger partial charge in [0.2, 0.25) is 5.89 Å². The van der Waals surface area contributed by atoms with Crippen LogP contribution in [0.2, 0.25) is 0 Å². The lowest BCUT2D eigenvalue weighted by Gasteiger charge is -2.11. The second-order valence-electron chi connectivity index (χ2n) is 4.18. The Balaban J connectivity index is 1.92. The molecule has 0 spiro atoms. The topological polar surface area (TPSA) is 51.0 Å². The molecule has 0 amide bonds. The number of hydrogen-bond acceptors (Lipinski definition) is 5. The third-order valence-electron chi connectivity index (χ3n) is 2.89. The van der Waals surface area contributed by atoms with Crippen molar-refractivity contribution in [3.63, 3.8) is 0 Å². The normalized spacial score (nSPS) is 12.5. The Bertz CT molecular complexity index is 695. The molecule has 4 nitrogen and oxygen atoms in total. The molecule has 1 N–H and O–H groups in total. The summed E-state index contributed by atoms with van der Waals surface area (Å²) in [5.41, 5.74) is 1.09. The number of hydrogen-bond donors (Lipinski definition) is 1. The lowest BCUT2D eigenvalue weighted by atomic mass is 10.1. The molecule has 3 aromatic rings. The average molecular weight is 350 g/mol. The van der Waals surface area contributed by atoms with Gasteiger partial charge in [-0.3, -0.25) is 0 Å². The van der Waals surface area contributed by atoms with Gasteiger partial charge < -0.3 is 9.73 Å². The van der Waals surface area contributed by atoms with Gasteiger partial charge in [-0.15, -0.1) is 21.5 Å². The minimum Gasteiger partial charge on any atom is -0.418 e. The van der Waals surface area contributed by atoms with Crippen molar-refractivity contribution >= 4 is 27.3 Å². The molecule has 1 atom stereocenters. The quantitative estimate of drug-likeness (QED) is 0.776. The van der Waals surface area contributed by atoms with Gasteiger partial charge in [0.15, 0.2) is 0 Å². The fourth-order valence-corrected chi connectivity index (χ4v) is 3.27. The SMILES string of the molecule is CNC(c1ccccc1)c1nnc(-c2ccc(Br)s2)o1. The van der Waals surface area contributed by atoms with Crippen molar-refractivity contribution in [1.82, 2.24) is 15.5 Å². The number of aromatic nitrogens is 2. The zero-order chi connectivity index (χ0) is 13.9. The van der Waals surface area contributed by atoms with Crippen molar-refractivity contribution in [2.45, 2.75) is 6.04 Å². The van der Waals surface area contributed by atoms with Crippen LogP contribution >= 0.6 is 27.3 Å². The number of halogens is 1. The predicted molar refractivity (Wildman–Crippen MR) is 82.7 cm³/mol. The molecule has 0 saturated carbocycles. The van der Waals surface area contributed by atoms with Gasteiger partial charge in [-0.1, -0.05) is 30.3 Å². The van der Waals surface area contributed by atoms with E-state index in [1.807, 2.05) is 49.5 Å². The fraction of sp³-hybridized carbons (Fsp3) is 0.143. The van der Waals surface area contributed by atoms with Crippen LogP contribution < -0.4 is 5.32 Å². The maximum atomic E-state index is 5.80. The van der Waals surface area contributed by atoms with Crippen LogP contribution in [0.3, 0.4) is 0 Å². The first kappa shape index (κ1) is 13.5. The predicted octanol–water partition coefficient (Wildman–Crippen LogP) is 3.87. The molecular weight excluding hydrogens is 338 g/mol. The van der Waals surface area contributed by atoms with E-state index in [0.717, 1.165) is 14.2 Å². The van der Waals surface area contributed by atoms with Crippen LogP contribution in [0.25, 0.3) is 10.8 Å². The summed E-state index contributed by atoms with van der Waals surface area (Å²) in [5.74, 6) is 1.12. The highest BCUT2D eigenvalue weighted by molar-refractivity contribution is 9.11. The summed E-state index contributed by atoms with van der Waals surface area (Å²) in [5, 5.41) is 11.5. The minimum absolute atomic E-state index is 0.0964. The van der Waals surface area contributed by atoms with Gasteiger partial charge in [-0.05, 0) is 40.7 Å². The van der Waals surface area contributed by atoms with Crippen LogP contribution in [0.1, 0.15) is 17.5 Å². The number of rotatable bonds is 4. The third-order valence-corrected chi connectivity index (χ3v) is 4.50. The van der Waals surface area contributed by atoms with Gasteiger partial charge >= 0.3 is 0 Å². The van der Waals surface area contributed by atoms with Crippen molar-refractivity contribution in [3.8, 4) is 10.8 Å². The lowest BCUT2D eigenvalue weighted by Crippen LogP contribution is -2.17. The van der Waals surface area contributed by atoms with Gasteiger partial charge in [0.25, 0.3) is 5.89 Å². The van der Waals surface area contributed by atoms with E-state index in [4.69, 9.17) is 4.42 Å². The Morgan fingerprint density at radius 1 is 1.15 bits per heavy atom. The van der Waals surface area contributed by atoms with Gasteiger partial charge in [0.05, 0.1) is 8.66 Å². The summed E-state index contributed by atoms with van der Waals surface area (Å²) in [4.78, 5) is 0.957. The molecule has 0 aliphatic carbocycles. The highest BCUT2D eigenvalue weighted by Gasteiger charge is 2.19. The molecule has 1 unspecified atom stereocenters. The third kappa shape index (κ3) is 2.67. The van der Waals surface area contributed by atoms with E-state index in [9.17, 15) is 0 Å². The number of nitrogens with zero attached hydrogens (tertiary/aromatic N) is 2. The summed E-state index contributed by atoms with van der Waals surface area (Å²) in [6, 6.07) is 13.9. The van der Waals surface area contributed by atoms with E-state index in [1.165, 1.54) is 0 Å². The first-order valence-electron chi connectivity index (χ1n) is 6.09. The zero-order valence-corrected chi connectivity index (χ0v) is 13.1. The van der Waals surface area contributed by atoms with Crippen LogP contribution in [0.4, 0.5) is 0 Å². The van der Waals surface area contributed by atoms with E-state index in [1.54, 1.807) is 11.3 Å². The Morgan fingerprint density at radius 3 is 2.60 bits per heavy atom. The highest BCUT2D eigenvalue weighted by atomic mass is 79.9. The molecule has 0 saturated heterocycles. The highest BCUT2D eigenvalue weighted by Crippen LogP contribution is 2.31. The first-order valence-corrected chi connectivity index (χ1v) is 7.70. The Morgan fingerprint density at radius 2 is 1.95 bits per heavy atom. The molecule has 0 fully saturated rings. The van der Waals surface area contributed by atoms with E-state index >= 15 is 0 Å². The van der Waals surface area contributed by atoms with Gasteiger partial charge in [-0.2, -0.15) is 0 Å². The Kier molecular flexibility index (Phi) is 3.95. The molecule has 20 heavy (non-hydrogen) atoms. The van der Waals surface area contributed by atoms with E-state index in [0.29, 0.717) is 11.8 Å². The fourth-order valence-electron chi connectivity index (χ4n) is 1.96. The standard InChI is InChI=1S/C14H12BrN3OS/c1-16-12(9-5-3-2-4-6-9)14-18-17-13(19-14)10-7-8-11(15)20-10/h2-8,12,16H,1H3. The maximum absolute atomic E-state index is 5.80. The summed E-state index contributed by atoms with van der Waals surface area (Å²) in [6.45, 7) is 0. The molecule has 0 bridgehead atoms. The number of thiophene rings is 1. The van der Waals surface area contributed by atoms with Crippen molar-refractivity contribution < 1.29 is 4.42 Å². The van der Waals surface area contributed by atoms with Crippen LogP contribution in [0.5, 0.6) is 0 Å². The molecule has 2 aromatic heterocycles. The van der Waals surface area contributed by atoms with Crippen molar-refractivity contribution in [1.29, 1.82) is 0 Å². The number of nitrogens with one attached hydrogen (secondary N) is 1. The van der Waals surface area contributed by atoms with Gasteiger partial charge in [0, 0.05) is 0 Å². The summed E-state index contributed by atoms with van der Waals surface area (Å²) in [6.07, 6.45) is 0. The second-order valence-corrected chi connectivity index (χ2v) is 6.64. The Hall–Kier alpha value is -1.50. The van der Waals surface area contributed by atoms with E-state index in [2.05, 4.69) is 31.4 Å². The van der Waals surface area contributed by atoms with Gasteiger partial charge in [0.1, 0.15) is 6.04 Å².